The molecule has 162 valence electrons. The minimum absolute atomic E-state index is 0.00164. The Morgan fingerprint density at radius 1 is 0.871 bits per heavy atom. The molecule has 0 aliphatic carbocycles. The lowest BCUT2D eigenvalue weighted by molar-refractivity contribution is -0.135. The highest BCUT2D eigenvalue weighted by Crippen LogP contribution is 2.34. The number of hydrogen-bond acceptors (Lipinski definition) is 4. The highest BCUT2D eigenvalue weighted by atomic mass is 32.2. The third kappa shape index (κ3) is 5.28. The molecule has 4 rings (SSSR count). The lowest BCUT2D eigenvalue weighted by Gasteiger charge is -2.32. The summed E-state index contributed by atoms with van der Waals surface area (Å²) in [7, 11) is 0. The number of rotatable bonds is 5. The molecule has 2 aliphatic rings. The molecular weight excluding hydrogens is 410 g/mol. The second kappa shape index (κ2) is 10.0. The average molecular weight is 438 g/mol. The first-order chi connectivity index (χ1) is 15.1. The van der Waals surface area contributed by atoms with Gasteiger partial charge in [-0.2, -0.15) is 0 Å². The van der Waals surface area contributed by atoms with Crippen LogP contribution in [0.1, 0.15) is 25.7 Å². The van der Waals surface area contributed by atoms with Crippen molar-refractivity contribution in [2.75, 3.05) is 35.6 Å². The molecule has 2 aromatic rings. The summed E-state index contributed by atoms with van der Waals surface area (Å²) >= 11 is 1.76. The van der Waals surface area contributed by atoms with Crippen LogP contribution in [0.5, 0.6) is 0 Å². The molecule has 1 saturated heterocycles. The van der Waals surface area contributed by atoms with E-state index in [0.29, 0.717) is 32.5 Å². The standard InChI is InChI=1S/C24H27N3O3S/c28-22(10-11-23(29)27-16-17-31-21-9-5-4-8-20(21)27)26-14-12-18(13-15-26)24(30)25-19-6-2-1-3-7-19/h1-9,18H,10-17H2,(H,25,30). The lowest BCUT2D eigenvalue weighted by Crippen LogP contribution is -2.42. The molecule has 0 spiro atoms. The fourth-order valence-electron chi connectivity index (χ4n) is 4.09. The lowest BCUT2D eigenvalue weighted by atomic mass is 9.95. The van der Waals surface area contributed by atoms with Gasteiger partial charge in [0.1, 0.15) is 0 Å². The number of amides is 3. The van der Waals surface area contributed by atoms with Gasteiger partial charge in [0.15, 0.2) is 0 Å². The minimum atomic E-state index is -0.0896. The third-order valence-electron chi connectivity index (χ3n) is 5.84. The summed E-state index contributed by atoms with van der Waals surface area (Å²) in [4.78, 5) is 42.6. The number of nitrogens with one attached hydrogen (secondary N) is 1. The van der Waals surface area contributed by atoms with Crippen LogP contribution in [-0.4, -0.2) is 48.0 Å². The fourth-order valence-corrected chi connectivity index (χ4v) is 5.09. The largest absolute Gasteiger partial charge is 0.343 e. The number of carbonyl (C=O) groups is 3. The Morgan fingerprint density at radius 2 is 1.55 bits per heavy atom. The van der Waals surface area contributed by atoms with E-state index in [1.807, 2.05) is 54.6 Å². The van der Waals surface area contributed by atoms with Gasteiger partial charge in [-0.15, -0.1) is 11.8 Å². The van der Waals surface area contributed by atoms with Gasteiger partial charge >= 0.3 is 0 Å². The van der Waals surface area contributed by atoms with E-state index in [-0.39, 0.29) is 36.5 Å². The Balaban J connectivity index is 1.23. The summed E-state index contributed by atoms with van der Waals surface area (Å²) in [6.45, 7) is 1.79. The Hall–Kier alpha value is -2.80. The molecule has 31 heavy (non-hydrogen) atoms. The Labute approximate surface area is 187 Å². The van der Waals surface area contributed by atoms with Crippen LogP contribution in [0.15, 0.2) is 59.5 Å². The number of carbonyl (C=O) groups excluding carboxylic acids is 3. The maximum Gasteiger partial charge on any atom is 0.227 e. The SMILES string of the molecule is O=C(Nc1ccccc1)C1CCN(C(=O)CCC(=O)N2CCSc3ccccc32)CC1. The Morgan fingerprint density at radius 3 is 2.32 bits per heavy atom. The number of benzene rings is 2. The molecule has 0 radical (unpaired) electrons. The maximum atomic E-state index is 12.8. The monoisotopic (exact) mass is 437 g/mol. The van der Waals surface area contributed by atoms with Crippen molar-refractivity contribution in [3.05, 3.63) is 54.6 Å². The predicted octanol–water partition coefficient (Wildman–Crippen LogP) is 3.78. The number of thioether (sulfide) groups is 1. The van der Waals surface area contributed by atoms with Crippen molar-refractivity contribution in [3.8, 4) is 0 Å². The zero-order valence-corrected chi connectivity index (χ0v) is 18.3. The van der Waals surface area contributed by atoms with Gasteiger partial charge in [-0.05, 0) is 37.1 Å². The van der Waals surface area contributed by atoms with Crippen LogP contribution in [-0.2, 0) is 14.4 Å². The van der Waals surface area contributed by atoms with Crippen molar-refractivity contribution in [2.45, 2.75) is 30.6 Å². The summed E-state index contributed by atoms with van der Waals surface area (Å²) in [5, 5.41) is 2.95. The molecule has 1 fully saturated rings. The zero-order valence-electron chi connectivity index (χ0n) is 17.5. The molecule has 7 heteroatoms. The molecule has 2 aromatic carbocycles. The highest BCUT2D eigenvalue weighted by Gasteiger charge is 2.28. The van der Waals surface area contributed by atoms with E-state index in [1.54, 1.807) is 21.6 Å². The molecule has 6 nitrogen and oxygen atoms in total. The van der Waals surface area contributed by atoms with E-state index in [2.05, 4.69) is 5.32 Å². The number of piperidine rings is 1. The van der Waals surface area contributed by atoms with Crippen LogP contribution in [0, 0.1) is 5.92 Å². The second-order valence-electron chi connectivity index (χ2n) is 7.87. The molecule has 0 saturated carbocycles. The summed E-state index contributed by atoms with van der Waals surface area (Å²) < 4.78 is 0. The third-order valence-corrected chi connectivity index (χ3v) is 6.88. The normalized spacial score (nSPS) is 16.5. The number of para-hydroxylation sites is 2. The number of nitrogens with zero attached hydrogens (tertiary/aromatic N) is 2. The second-order valence-corrected chi connectivity index (χ2v) is 9.01. The van der Waals surface area contributed by atoms with Crippen LogP contribution >= 0.6 is 11.8 Å². The average Bonchev–Trinajstić information content (AvgIpc) is 2.82. The first kappa shape index (κ1) is 21.4. The van der Waals surface area contributed by atoms with Gasteiger partial charge in [-0.25, -0.2) is 0 Å². The van der Waals surface area contributed by atoms with Crippen LogP contribution < -0.4 is 10.2 Å². The predicted molar refractivity (Wildman–Crippen MR) is 123 cm³/mol. The van der Waals surface area contributed by atoms with Crippen molar-refractivity contribution >= 4 is 40.9 Å². The molecule has 0 aromatic heterocycles. The van der Waals surface area contributed by atoms with E-state index >= 15 is 0 Å². The van der Waals surface area contributed by atoms with Gasteiger partial charge in [0, 0.05) is 54.7 Å². The minimum Gasteiger partial charge on any atom is -0.343 e. The van der Waals surface area contributed by atoms with Crippen molar-refractivity contribution in [1.29, 1.82) is 0 Å². The summed E-state index contributed by atoms with van der Waals surface area (Å²) in [5.41, 5.74) is 1.74. The molecule has 0 bridgehead atoms. The maximum absolute atomic E-state index is 12.8. The number of likely N-dealkylation sites (tertiary alicyclic amines) is 1. The number of hydrogen-bond donors (Lipinski definition) is 1. The number of fused-ring (bicyclic) bond motifs is 1. The van der Waals surface area contributed by atoms with Crippen molar-refractivity contribution in [1.82, 2.24) is 4.90 Å². The zero-order chi connectivity index (χ0) is 21.6. The summed E-state index contributed by atoms with van der Waals surface area (Å²) in [6, 6.07) is 17.3. The smallest absolute Gasteiger partial charge is 0.227 e. The van der Waals surface area contributed by atoms with E-state index in [1.165, 1.54) is 0 Å². The quantitative estimate of drug-likeness (QED) is 0.773. The van der Waals surface area contributed by atoms with Gasteiger partial charge in [-0.3, -0.25) is 14.4 Å². The molecule has 3 amide bonds. The first-order valence-electron chi connectivity index (χ1n) is 10.8. The van der Waals surface area contributed by atoms with Crippen molar-refractivity contribution < 1.29 is 14.4 Å². The van der Waals surface area contributed by atoms with Crippen LogP contribution in [0.25, 0.3) is 0 Å². The van der Waals surface area contributed by atoms with Crippen LogP contribution in [0.3, 0.4) is 0 Å². The molecule has 2 heterocycles. The Kier molecular flexibility index (Phi) is 6.92. The highest BCUT2D eigenvalue weighted by molar-refractivity contribution is 7.99. The summed E-state index contributed by atoms with van der Waals surface area (Å²) in [5.74, 6) is 0.784. The molecular formula is C24H27N3O3S. The molecule has 0 atom stereocenters. The van der Waals surface area contributed by atoms with Gasteiger partial charge in [-0.1, -0.05) is 30.3 Å². The van der Waals surface area contributed by atoms with E-state index < -0.39 is 0 Å². The molecule has 2 aliphatic heterocycles. The van der Waals surface area contributed by atoms with Gasteiger partial charge in [0.25, 0.3) is 0 Å². The number of anilines is 2. The summed E-state index contributed by atoms with van der Waals surface area (Å²) in [6.07, 6.45) is 1.72. The van der Waals surface area contributed by atoms with Crippen molar-refractivity contribution in [3.63, 3.8) is 0 Å². The van der Waals surface area contributed by atoms with Crippen molar-refractivity contribution in [2.24, 2.45) is 5.92 Å². The fraction of sp³-hybridized carbons (Fsp3) is 0.375. The van der Waals surface area contributed by atoms with Gasteiger partial charge in [0.2, 0.25) is 17.7 Å². The first-order valence-corrected chi connectivity index (χ1v) is 11.8. The van der Waals surface area contributed by atoms with E-state index in [9.17, 15) is 14.4 Å². The van der Waals surface area contributed by atoms with E-state index in [4.69, 9.17) is 0 Å². The van der Waals surface area contributed by atoms with Crippen LogP contribution in [0.2, 0.25) is 0 Å². The molecule has 1 N–H and O–H groups in total. The van der Waals surface area contributed by atoms with Gasteiger partial charge in [0.05, 0.1) is 5.69 Å². The van der Waals surface area contributed by atoms with Crippen LogP contribution in [0.4, 0.5) is 11.4 Å². The topological polar surface area (TPSA) is 69.7 Å². The molecule has 0 unspecified atom stereocenters. The van der Waals surface area contributed by atoms with E-state index in [0.717, 1.165) is 22.0 Å². The Bertz CT molecular complexity index is 942. The van der Waals surface area contributed by atoms with Gasteiger partial charge < -0.3 is 15.1 Å².